The predicted molar refractivity (Wildman–Crippen MR) is 66.9 cm³/mol. The molecule has 0 saturated carbocycles. The summed E-state index contributed by atoms with van der Waals surface area (Å²) in [7, 11) is 0. The molecule has 1 atom stereocenters. The molecular formula is C12H14OS2. The van der Waals surface area contributed by atoms with Crippen molar-refractivity contribution >= 4 is 22.7 Å². The molecule has 0 aliphatic carbocycles. The Bertz CT molecular complexity index is 448. The highest BCUT2D eigenvalue weighted by Gasteiger charge is 2.15. The second-order valence-electron chi connectivity index (χ2n) is 3.74. The molecule has 0 aliphatic heterocycles. The van der Waals surface area contributed by atoms with E-state index in [1.54, 1.807) is 22.7 Å². The molecule has 80 valence electrons. The quantitative estimate of drug-likeness (QED) is 0.843. The first-order valence-corrected chi connectivity index (χ1v) is 6.52. The van der Waals surface area contributed by atoms with Gasteiger partial charge in [0.05, 0.1) is 0 Å². The van der Waals surface area contributed by atoms with Crippen LogP contribution in [0.5, 0.6) is 0 Å². The van der Waals surface area contributed by atoms with Gasteiger partial charge in [0.25, 0.3) is 0 Å². The second-order valence-corrected chi connectivity index (χ2v) is 6.35. The fourth-order valence-corrected chi connectivity index (χ4v) is 3.48. The van der Waals surface area contributed by atoms with Crippen molar-refractivity contribution in [3.8, 4) is 0 Å². The summed E-state index contributed by atoms with van der Waals surface area (Å²) >= 11 is 3.35. The zero-order valence-electron chi connectivity index (χ0n) is 9.07. The molecule has 0 fully saturated rings. The van der Waals surface area contributed by atoms with Crippen LogP contribution in [-0.4, -0.2) is 5.11 Å². The van der Waals surface area contributed by atoms with Gasteiger partial charge in [0, 0.05) is 19.5 Å². The number of aryl methyl sites for hydroxylation is 3. The van der Waals surface area contributed by atoms with Gasteiger partial charge >= 0.3 is 0 Å². The Morgan fingerprint density at radius 2 is 1.80 bits per heavy atom. The van der Waals surface area contributed by atoms with Crippen molar-refractivity contribution in [3.05, 3.63) is 43.3 Å². The Labute approximate surface area is 98.0 Å². The van der Waals surface area contributed by atoms with Crippen molar-refractivity contribution in [2.24, 2.45) is 0 Å². The highest BCUT2D eigenvalue weighted by molar-refractivity contribution is 7.13. The third kappa shape index (κ3) is 2.14. The van der Waals surface area contributed by atoms with Gasteiger partial charge in [-0.25, -0.2) is 0 Å². The zero-order chi connectivity index (χ0) is 11.0. The normalized spacial score (nSPS) is 13.1. The van der Waals surface area contributed by atoms with Gasteiger partial charge in [-0.15, -0.1) is 22.7 Å². The van der Waals surface area contributed by atoms with E-state index in [1.807, 2.05) is 6.07 Å². The van der Waals surface area contributed by atoms with Gasteiger partial charge in [-0.2, -0.15) is 0 Å². The van der Waals surface area contributed by atoms with Crippen LogP contribution in [0.1, 0.15) is 31.2 Å². The van der Waals surface area contributed by atoms with E-state index in [2.05, 4.69) is 32.9 Å². The Morgan fingerprint density at radius 3 is 2.27 bits per heavy atom. The Hall–Kier alpha value is -0.640. The van der Waals surface area contributed by atoms with Crippen LogP contribution in [-0.2, 0) is 0 Å². The molecule has 1 unspecified atom stereocenters. The van der Waals surface area contributed by atoms with Gasteiger partial charge < -0.3 is 5.11 Å². The van der Waals surface area contributed by atoms with E-state index in [-0.39, 0.29) is 0 Å². The lowest BCUT2D eigenvalue weighted by Crippen LogP contribution is -1.92. The number of aliphatic hydroxyl groups is 1. The lowest BCUT2D eigenvalue weighted by molar-refractivity contribution is 0.228. The number of rotatable bonds is 2. The molecule has 0 aromatic carbocycles. The second kappa shape index (κ2) is 4.08. The van der Waals surface area contributed by atoms with E-state index in [1.165, 1.54) is 15.3 Å². The van der Waals surface area contributed by atoms with Crippen molar-refractivity contribution in [2.45, 2.75) is 26.9 Å². The zero-order valence-corrected chi connectivity index (χ0v) is 10.7. The largest absolute Gasteiger partial charge is 0.382 e. The molecule has 0 aliphatic rings. The fraction of sp³-hybridized carbons (Fsp3) is 0.333. The molecule has 0 radical (unpaired) electrons. The molecular weight excluding hydrogens is 224 g/mol. The van der Waals surface area contributed by atoms with Crippen molar-refractivity contribution in [3.63, 3.8) is 0 Å². The maximum atomic E-state index is 10.2. The SMILES string of the molecule is Cc1ccc(C(O)c2cc(C)c(C)s2)s1. The van der Waals surface area contributed by atoms with Crippen molar-refractivity contribution < 1.29 is 5.11 Å². The summed E-state index contributed by atoms with van der Waals surface area (Å²) < 4.78 is 0. The van der Waals surface area contributed by atoms with Gasteiger partial charge in [0.1, 0.15) is 6.10 Å². The lowest BCUT2D eigenvalue weighted by Gasteiger charge is -2.04. The summed E-state index contributed by atoms with van der Waals surface area (Å²) in [5.41, 5.74) is 1.27. The van der Waals surface area contributed by atoms with Gasteiger partial charge in [0.2, 0.25) is 0 Å². The van der Waals surface area contributed by atoms with Gasteiger partial charge in [0.15, 0.2) is 0 Å². The smallest absolute Gasteiger partial charge is 0.122 e. The molecule has 0 spiro atoms. The Balaban J connectivity index is 2.31. The van der Waals surface area contributed by atoms with Crippen LogP contribution in [0.15, 0.2) is 18.2 Å². The molecule has 1 nitrogen and oxygen atoms in total. The molecule has 0 saturated heterocycles. The first-order valence-electron chi connectivity index (χ1n) is 4.89. The van der Waals surface area contributed by atoms with Crippen LogP contribution in [0.4, 0.5) is 0 Å². The minimum atomic E-state index is -0.443. The average molecular weight is 238 g/mol. The number of aliphatic hydroxyl groups excluding tert-OH is 1. The molecule has 15 heavy (non-hydrogen) atoms. The Kier molecular flexibility index (Phi) is 2.96. The third-order valence-electron chi connectivity index (χ3n) is 2.49. The van der Waals surface area contributed by atoms with E-state index in [0.717, 1.165) is 9.75 Å². The molecule has 0 amide bonds. The molecule has 2 aromatic heterocycles. The number of hydrogen-bond acceptors (Lipinski definition) is 3. The summed E-state index contributed by atoms with van der Waals surface area (Å²) in [6.07, 6.45) is -0.443. The monoisotopic (exact) mass is 238 g/mol. The first-order chi connectivity index (χ1) is 7.08. The van der Waals surface area contributed by atoms with Crippen molar-refractivity contribution in [1.29, 1.82) is 0 Å². The van der Waals surface area contributed by atoms with Crippen LogP contribution in [0.25, 0.3) is 0 Å². The molecule has 3 heteroatoms. The van der Waals surface area contributed by atoms with Gasteiger partial charge in [-0.3, -0.25) is 0 Å². The van der Waals surface area contributed by atoms with Gasteiger partial charge in [-0.1, -0.05) is 0 Å². The summed E-state index contributed by atoms with van der Waals surface area (Å²) in [6.45, 7) is 6.24. The third-order valence-corrected chi connectivity index (χ3v) is 4.74. The topological polar surface area (TPSA) is 20.2 Å². The molecule has 2 heterocycles. The molecule has 0 bridgehead atoms. The van der Waals surface area contributed by atoms with E-state index < -0.39 is 6.10 Å². The predicted octanol–water partition coefficient (Wildman–Crippen LogP) is 3.82. The molecule has 2 rings (SSSR count). The van der Waals surface area contributed by atoms with E-state index in [0.29, 0.717) is 0 Å². The standard InChI is InChI=1S/C12H14OS2/c1-7-6-11(15-9(7)3)12(13)10-5-4-8(2)14-10/h4-6,12-13H,1-3H3. The van der Waals surface area contributed by atoms with Crippen LogP contribution in [0.3, 0.4) is 0 Å². The average Bonchev–Trinajstić information content (AvgIpc) is 2.74. The van der Waals surface area contributed by atoms with Crippen molar-refractivity contribution in [1.82, 2.24) is 0 Å². The number of thiophene rings is 2. The van der Waals surface area contributed by atoms with Crippen molar-refractivity contribution in [2.75, 3.05) is 0 Å². The van der Waals surface area contributed by atoms with Gasteiger partial charge in [-0.05, 0) is 44.5 Å². The van der Waals surface area contributed by atoms with Crippen LogP contribution >= 0.6 is 22.7 Å². The summed E-state index contributed by atoms with van der Waals surface area (Å²) in [4.78, 5) is 4.62. The summed E-state index contributed by atoms with van der Waals surface area (Å²) in [5, 5.41) is 10.2. The maximum Gasteiger partial charge on any atom is 0.122 e. The Morgan fingerprint density at radius 1 is 1.07 bits per heavy atom. The van der Waals surface area contributed by atoms with Crippen LogP contribution < -0.4 is 0 Å². The minimum absolute atomic E-state index is 0.443. The summed E-state index contributed by atoms with van der Waals surface area (Å²) in [6, 6.07) is 6.14. The van der Waals surface area contributed by atoms with Crippen LogP contribution in [0.2, 0.25) is 0 Å². The van der Waals surface area contributed by atoms with Crippen LogP contribution in [0, 0.1) is 20.8 Å². The summed E-state index contributed by atoms with van der Waals surface area (Å²) in [5.74, 6) is 0. The molecule has 1 N–H and O–H groups in total. The molecule has 2 aromatic rings. The van der Waals surface area contributed by atoms with E-state index >= 15 is 0 Å². The highest BCUT2D eigenvalue weighted by Crippen LogP contribution is 2.33. The van der Waals surface area contributed by atoms with E-state index in [4.69, 9.17) is 0 Å². The first kappa shape index (κ1) is 10.9. The van der Waals surface area contributed by atoms with E-state index in [9.17, 15) is 5.11 Å². The maximum absolute atomic E-state index is 10.2. The number of hydrogen-bond donors (Lipinski definition) is 1. The highest BCUT2D eigenvalue weighted by atomic mass is 32.1. The fourth-order valence-electron chi connectivity index (χ4n) is 1.48. The minimum Gasteiger partial charge on any atom is -0.382 e. The lowest BCUT2D eigenvalue weighted by atomic mass is 10.2.